The minimum atomic E-state index is -0.560. The lowest BCUT2D eigenvalue weighted by Gasteiger charge is -1.90. The summed E-state index contributed by atoms with van der Waals surface area (Å²) in [4.78, 5) is 3.89. The first-order valence-corrected chi connectivity index (χ1v) is 4.89. The van der Waals surface area contributed by atoms with Crippen LogP contribution < -0.4 is 5.32 Å². The van der Waals surface area contributed by atoms with E-state index in [9.17, 15) is 4.39 Å². The molecule has 6 nitrogen and oxygen atoms in total. The molecule has 3 aromatic rings. The summed E-state index contributed by atoms with van der Waals surface area (Å²) >= 11 is 5.69. The van der Waals surface area contributed by atoms with Crippen LogP contribution in [0.1, 0.15) is 0 Å². The number of nitrogens with one attached hydrogen (secondary N) is 1. The Morgan fingerprint density at radius 3 is 2.94 bits per heavy atom. The molecule has 0 aliphatic heterocycles. The number of halogens is 2. The van der Waals surface area contributed by atoms with Crippen molar-refractivity contribution in [1.29, 1.82) is 0 Å². The van der Waals surface area contributed by atoms with Gasteiger partial charge in [0.05, 0.1) is 0 Å². The van der Waals surface area contributed by atoms with Gasteiger partial charge in [0.15, 0.2) is 11.4 Å². The predicted molar refractivity (Wildman–Crippen MR) is 56.6 cm³/mol. The molecule has 0 aliphatic rings. The van der Waals surface area contributed by atoms with Gasteiger partial charge in [0.2, 0.25) is 6.39 Å². The van der Waals surface area contributed by atoms with E-state index >= 15 is 0 Å². The molecule has 0 unspecified atom stereocenters. The van der Waals surface area contributed by atoms with Crippen LogP contribution in [0.4, 0.5) is 16.4 Å². The lowest BCUT2D eigenvalue weighted by Crippen LogP contribution is -1.90. The highest BCUT2D eigenvalue weighted by Crippen LogP contribution is 2.26. The molecule has 0 atom stereocenters. The molecular weight excluding hydrogens is 251 g/mol. The van der Waals surface area contributed by atoms with Crippen molar-refractivity contribution in [3.8, 4) is 0 Å². The van der Waals surface area contributed by atoms with Crippen molar-refractivity contribution in [2.45, 2.75) is 0 Å². The third-order valence-corrected chi connectivity index (χ3v) is 2.21. The standard InChI is InChI=1S/C9H4ClFN4O2/c10-4-1-5(11)7-6(2-4)17-8(13-7)14-9-15-12-3-16-9/h1-3H,(H,13,14,15). The maximum atomic E-state index is 13.5. The van der Waals surface area contributed by atoms with Crippen LogP contribution in [0.15, 0.2) is 27.4 Å². The van der Waals surface area contributed by atoms with Gasteiger partial charge >= 0.3 is 12.0 Å². The Morgan fingerprint density at radius 2 is 2.18 bits per heavy atom. The summed E-state index contributed by atoms with van der Waals surface area (Å²) in [6.45, 7) is 0. The maximum absolute atomic E-state index is 13.5. The smallest absolute Gasteiger partial charge is 0.323 e. The molecular formula is C9H4ClFN4O2. The first kappa shape index (κ1) is 10.0. The van der Waals surface area contributed by atoms with Crippen molar-refractivity contribution in [2.24, 2.45) is 0 Å². The quantitative estimate of drug-likeness (QED) is 0.758. The molecule has 0 saturated heterocycles. The van der Waals surface area contributed by atoms with E-state index in [0.29, 0.717) is 0 Å². The summed E-state index contributed by atoms with van der Waals surface area (Å²) in [6, 6.07) is 2.77. The van der Waals surface area contributed by atoms with Gasteiger partial charge in [-0.05, 0) is 6.07 Å². The number of fused-ring (bicyclic) bond motifs is 1. The molecule has 0 radical (unpaired) electrons. The van der Waals surface area contributed by atoms with Gasteiger partial charge in [-0.3, -0.25) is 5.32 Å². The first-order valence-electron chi connectivity index (χ1n) is 4.51. The van der Waals surface area contributed by atoms with Crippen molar-refractivity contribution in [1.82, 2.24) is 15.2 Å². The van der Waals surface area contributed by atoms with Gasteiger partial charge in [-0.2, -0.15) is 4.98 Å². The molecule has 2 aromatic heterocycles. The van der Waals surface area contributed by atoms with Crippen molar-refractivity contribution >= 4 is 34.7 Å². The second-order valence-electron chi connectivity index (χ2n) is 3.12. The molecule has 3 rings (SSSR count). The van der Waals surface area contributed by atoms with Crippen LogP contribution in [0, 0.1) is 5.82 Å². The highest BCUT2D eigenvalue weighted by Gasteiger charge is 2.12. The van der Waals surface area contributed by atoms with Crippen LogP contribution in [0.2, 0.25) is 5.02 Å². The van der Waals surface area contributed by atoms with Crippen LogP contribution in [0.3, 0.4) is 0 Å². The first-order chi connectivity index (χ1) is 8.22. The molecule has 1 N–H and O–H groups in total. The van der Waals surface area contributed by atoms with Crippen LogP contribution in [-0.2, 0) is 0 Å². The van der Waals surface area contributed by atoms with Gasteiger partial charge in [-0.25, -0.2) is 4.39 Å². The van der Waals surface area contributed by atoms with Gasteiger partial charge in [0.1, 0.15) is 5.52 Å². The van der Waals surface area contributed by atoms with E-state index in [4.69, 9.17) is 20.4 Å². The SMILES string of the molecule is Fc1cc(Cl)cc2oc(Nc3nnco3)nc12. The minimum Gasteiger partial charge on any atom is -0.423 e. The lowest BCUT2D eigenvalue weighted by atomic mass is 10.3. The molecule has 8 heteroatoms. The topological polar surface area (TPSA) is 77.0 Å². The summed E-state index contributed by atoms with van der Waals surface area (Å²) in [5.41, 5.74) is 0.313. The van der Waals surface area contributed by atoms with Gasteiger partial charge in [-0.1, -0.05) is 16.7 Å². The molecule has 2 heterocycles. The number of benzene rings is 1. The fourth-order valence-corrected chi connectivity index (χ4v) is 1.52. The number of hydrogen-bond acceptors (Lipinski definition) is 6. The zero-order chi connectivity index (χ0) is 11.8. The molecule has 86 valence electrons. The van der Waals surface area contributed by atoms with Gasteiger partial charge in [-0.15, -0.1) is 5.10 Å². The zero-order valence-corrected chi connectivity index (χ0v) is 8.90. The van der Waals surface area contributed by atoms with E-state index in [-0.39, 0.29) is 28.2 Å². The molecule has 0 bridgehead atoms. The van der Waals surface area contributed by atoms with Crippen LogP contribution in [-0.4, -0.2) is 15.2 Å². The van der Waals surface area contributed by atoms with Crippen molar-refractivity contribution in [3.63, 3.8) is 0 Å². The third kappa shape index (κ3) is 1.80. The Morgan fingerprint density at radius 1 is 1.29 bits per heavy atom. The Hall–Kier alpha value is -2.15. The minimum absolute atomic E-state index is 0.0467. The largest absolute Gasteiger partial charge is 0.423 e. The molecule has 0 spiro atoms. The molecule has 0 aliphatic carbocycles. The number of rotatable bonds is 2. The van der Waals surface area contributed by atoms with E-state index in [1.54, 1.807) is 0 Å². The predicted octanol–water partition coefficient (Wildman–Crippen LogP) is 2.75. The van der Waals surface area contributed by atoms with Crippen LogP contribution in [0.25, 0.3) is 11.1 Å². The fraction of sp³-hybridized carbons (Fsp3) is 0. The van der Waals surface area contributed by atoms with Gasteiger partial charge < -0.3 is 8.83 Å². The molecule has 17 heavy (non-hydrogen) atoms. The molecule has 0 fully saturated rings. The summed E-state index contributed by atoms with van der Waals surface area (Å²) in [5, 5.41) is 9.86. The third-order valence-electron chi connectivity index (χ3n) is 1.99. The molecule has 1 aromatic carbocycles. The van der Waals surface area contributed by atoms with Crippen LogP contribution in [0.5, 0.6) is 0 Å². The monoisotopic (exact) mass is 254 g/mol. The van der Waals surface area contributed by atoms with Crippen molar-refractivity contribution in [2.75, 3.05) is 5.32 Å². The van der Waals surface area contributed by atoms with E-state index in [2.05, 4.69) is 20.5 Å². The van der Waals surface area contributed by atoms with E-state index in [1.807, 2.05) is 0 Å². The molecule has 0 amide bonds. The van der Waals surface area contributed by atoms with Gasteiger partial charge in [0.25, 0.3) is 0 Å². The highest BCUT2D eigenvalue weighted by atomic mass is 35.5. The zero-order valence-electron chi connectivity index (χ0n) is 8.15. The second kappa shape index (κ2) is 3.70. The summed E-state index contributed by atoms with van der Waals surface area (Å²) in [7, 11) is 0. The average molecular weight is 255 g/mol. The number of nitrogens with zero attached hydrogens (tertiary/aromatic N) is 3. The van der Waals surface area contributed by atoms with Gasteiger partial charge in [0, 0.05) is 11.1 Å². The Balaban J connectivity index is 2.05. The summed E-state index contributed by atoms with van der Waals surface area (Å²) < 4.78 is 23.5. The number of oxazole rings is 1. The van der Waals surface area contributed by atoms with Crippen LogP contribution >= 0.6 is 11.6 Å². The molecule has 0 saturated carbocycles. The highest BCUT2D eigenvalue weighted by molar-refractivity contribution is 6.31. The summed E-state index contributed by atoms with van der Waals surface area (Å²) in [5.74, 6) is -0.560. The van der Waals surface area contributed by atoms with Crippen molar-refractivity contribution in [3.05, 3.63) is 29.4 Å². The number of anilines is 2. The number of aromatic nitrogens is 3. The summed E-state index contributed by atoms with van der Waals surface area (Å²) in [6.07, 6.45) is 1.14. The van der Waals surface area contributed by atoms with E-state index < -0.39 is 5.82 Å². The average Bonchev–Trinajstić information content (AvgIpc) is 2.87. The Kier molecular flexibility index (Phi) is 2.19. The number of hydrogen-bond donors (Lipinski definition) is 1. The second-order valence-corrected chi connectivity index (χ2v) is 3.56. The Bertz CT molecular complexity index is 667. The fourth-order valence-electron chi connectivity index (χ4n) is 1.33. The maximum Gasteiger partial charge on any atom is 0.323 e. The van der Waals surface area contributed by atoms with Crippen molar-refractivity contribution < 1.29 is 13.2 Å². The Labute approximate surface area is 98.4 Å². The normalized spacial score (nSPS) is 10.9. The van der Waals surface area contributed by atoms with E-state index in [1.165, 1.54) is 6.07 Å². The van der Waals surface area contributed by atoms with E-state index in [0.717, 1.165) is 12.5 Å². The lowest BCUT2D eigenvalue weighted by molar-refractivity contribution is 0.559.